The van der Waals surface area contributed by atoms with E-state index in [0.717, 1.165) is 39.4 Å². The van der Waals surface area contributed by atoms with Gasteiger partial charge in [0.15, 0.2) is 5.82 Å². The predicted octanol–water partition coefficient (Wildman–Crippen LogP) is 4.46. The summed E-state index contributed by atoms with van der Waals surface area (Å²) < 4.78 is 2.01. The highest BCUT2D eigenvalue weighted by Crippen LogP contribution is 2.28. The maximum atomic E-state index is 12.1. The zero-order valence-corrected chi connectivity index (χ0v) is 17.0. The first-order valence-electron chi connectivity index (χ1n) is 9.42. The monoisotopic (exact) mass is 385 g/mol. The van der Waals surface area contributed by atoms with Crippen LogP contribution >= 0.6 is 0 Å². The molecule has 0 aliphatic heterocycles. The Kier molecular flexibility index (Phi) is 4.76. The van der Waals surface area contributed by atoms with Crippen LogP contribution in [0.1, 0.15) is 21.5 Å². The van der Waals surface area contributed by atoms with Crippen molar-refractivity contribution in [2.24, 2.45) is 0 Å². The molecule has 29 heavy (non-hydrogen) atoms. The standard InChI is InChI=1S/C23H23N5O/c1-15-6-5-7-16(2)21(15)26-22-20-12-24-14-28(20)19(13-25-22)17-8-10-18(11-9-17)23(29)27(3)4/h5-14H,1-4H3,(H,25,26). The Balaban J connectivity index is 1.73. The fraction of sp³-hybridized carbons (Fsp3) is 0.174. The summed E-state index contributed by atoms with van der Waals surface area (Å²) in [7, 11) is 3.49. The molecule has 0 spiro atoms. The molecule has 2 aromatic carbocycles. The summed E-state index contributed by atoms with van der Waals surface area (Å²) >= 11 is 0. The molecule has 0 fully saturated rings. The highest BCUT2D eigenvalue weighted by molar-refractivity contribution is 5.94. The van der Waals surface area contributed by atoms with Gasteiger partial charge in [0.2, 0.25) is 0 Å². The number of amides is 1. The van der Waals surface area contributed by atoms with Gasteiger partial charge >= 0.3 is 0 Å². The van der Waals surface area contributed by atoms with E-state index in [1.165, 1.54) is 0 Å². The molecule has 0 aliphatic rings. The van der Waals surface area contributed by atoms with Crippen LogP contribution < -0.4 is 5.32 Å². The van der Waals surface area contributed by atoms with Crippen molar-refractivity contribution in [2.45, 2.75) is 13.8 Å². The highest BCUT2D eigenvalue weighted by Gasteiger charge is 2.13. The molecular formula is C23H23N5O. The summed E-state index contributed by atoms with van der Waals surface area (Å²) in [5.41, 5.74) is 6.80. The number of nitrogens with zero attached hydrogens (tertiary/aromatic N) is 4. The molecule has 0 radical (unpaired) electrons. The SMILES string of the molecule is Cc1cccc(C)c1Nc1ncc(-c2ccc(C(=O)N(C)C)cc2)n2cncc12. The second-order valence-electron chi connectivity index (χ2n) is 7.31. The molecule has 0 saturated heterocycles. The van der Waals surface area contributed by atoms with Crippen LogP contribution in [-0.2, 0) is 0 Å². The minimum atomic E-state index is -0.0180. The molecule has 4 aromatic rings. The summed E-state index contributed by atoms with van der Waals surface area (Å²) in [6, 6.07) is 13.7. The van der Waals surface area contributed by atoms with E-state index >= 15 is 0 Å². The predicted molar refractivity (Wildman–Crippen MR) is 116 cm³/mol. The van der Waals surface area contributed by atoms with E-state index in [9.17, 15) is 4.79 Å². The van der Waals surface area contributed by atoms with Crippen molar-refractivity contribution in [1.29, 1.82) is 0 Å². The minimum absolute atomic E-state index is 0.0180. The normalized spacial score (nSPS) is 10.9. The summed E-state index contributed by atoms with van der Waals surface area (Å²) in [6.45, 7) is 4.15. The van der Waals surface area contributed by atoms with E-state index in [4.69, 9.17) is 0 Å². The maximum absolute atomic E-state index is 12.1. The molecule has 2 heterocycles. The molecule has 146 valence electrons. The second-order valence-corrected chi connectivity index (χ2v) is 7.31. The van der Waals surface area contributed by atoms with Crippen molar-refractivity contribution >= 4 is 22.9 Å². The van der Waals surface area contributed by atoms with Gasteiger partial charge in [-0.2, -0.15) is 0 Å². The first kappa shape index (κ1) is 18.7. The van der Waals surface area contributed by atoms with Gasteiger partial charge in [0.1, 0.15) is 5.52 Å². The van der Waals surface area contributed by atoms with E-state index < -0.39 is 0 Å². The molecule has 0 unspecified atom stereocenters. The lowest BCUT2D eigenvalue weighted by atomic mass is 10.1. The Morgan fingerprint density at radius 3 is 2.34 bits per heavy atom. The van der Waals surface area contributed by atoms with Gasteiger partial charge in [-0.05, 0) is 37.1 Å². The number of imidazole rings is 1. The van der Waals surface area contributed by atoms with Crippen LogP contribution in [0.2, 0.25) is 0 Å². The van der Waals surface area contributed by atoms with Crippen molar-refractivity contribution in [3.05, 3.63) is 77.9 Å². The molecule has 0 bridgehead atoms. The number of anilines is 2. The van der Waals surface area contributed by atoms with Crippen LogP contribution in [-0.4, -0.2) is 39.3 Å². The quantitative estimate of drug-likeness (QED) is 0.563. The average Bonchev–Trinajstić information content (AvgIpc) is 3.20. The molecule has 1 N–H and O–H groups in total. The van der Waals surface area contributed by atoms with E-state index in [1.54, 1.807) is 31.5 Å². The Labute approximate surface area is 169 Å². The third kappa shape index (κ3) is 3.45. The van der Waals surface area contributed by atoms with Crippen LogP contribution in [0.5, 0.6) is 0 Å². The number of carbonyl (C=O) groups is 1. The number of hydrogen-bond donors (Lipinski definition) is 1. The Morgan fingerprint density at radius 2 is 1.69 bits per heavy atom. The fourth-order valence-electron chi connectivity index (χ4n) is 3.40. The lowest BCUT2D eigenvalue weighted by molar-refractivity contribution is 0.0827. The van der Waals surface area contributed by atoms with Crippen LogP contribution in [0.25, 0.3) is 16.8 Å². The topological polar surface area (TPSA) is 62.5 Å². The molecule has 6 heteroatoms. The van der Waals surface area contributed by atoms with Crippen molar-refractivity contribution in [2.75, 3.05) is 19.4 Å². The summed E-state index contributed by atoms with van der Waals surface area (Å²) in [5, 5.41) is 3.46. The van der Waals surface area contributed by atoms with Gasteiger partial charge < -0.3 is 10.2 Å². The number of nitrogens with one attached hydrogen (secondary N) is 1. The molecule has 2 aromatic heterocycles. The van der Waals surface area contributed by atoms with Gasteiger partial charge in [-0.1, -0.05) is 30.3 Å². The summed E-state index contributed by atoms with van der Waals surface area (Å²) in [4.78, 5) is 22.7. The van der Waals surface area contributed by atoms with Crippen LogP contribution in [0.3, 0.4) is 0 Å². The number of carbonyl (C=O) groups excluding carboxylic acids is 1. The molecule has 0 saturated carbocycles. The van der Waals surface area contributed by atoms with E-state index in [-0.39, 0.29) is 5.91 Å². The maximum Gasteiger partial charge on any atom is 0.253 e. The van der Waals surface area contributed by atoms with Crippen molar-refractivity contribution in [3.8, 4) is 11.3 Å². The average molecular weight is 385 g/mol. The smallest absolute Gasteiger partial charge is 0.253 e. The van der Waals surface area contributed by atoms with E-state index in [2.05, 4.69) is 41.3 Å². The Bertz CT molecular complexity index is 1170. The van der Waals surface area contributed by atoms with Crippen LogP contribution in [0.4, 0.5) is 11.5 Å². The zero-order chi connectivity index (χ0) is 20.5. The van der Waals surface area contributed by atoms with Gasteiger partial charge in [0, 0.05) is 30.9 Å². The third-order valence-electron chi connectivity index (χ3n) is 5.01. The highest BCUT2D eigenvalue weighted by atomic mass is 16.2. The Morgan fingerprint density at radius 1 is 1.00 bits per heavy atom. The van der Waals surface area contributed by atoms with E-state index in [0.29, 0.717) is 5.56 Å². The number of aromatic nitrogens is 3. The summed E-state index contributed by atoms with van der Waals surface area (Å²) in [5.74, 6) is 0.735. The van der Waals surface area contributed by atoms with Crippen LogP contribution in [0.15, 0.2) is 61.2 Å². The number of aryl methyl sites for hydroxylation is 2. The third-order valence-corrected chi connectivity index (χ3v) is 5.01. The van der Waals surface area contributed by atoms with Crippen LogP contribution in [0, 0.1) is 13.8 Å². The van der Waals surface area contributed by atoms with Crippen molar-refractivity contribution in [1.82, 2.24) is 19.3 Å². The molecule has 0 atom stereocenters. The molecule has 1 amide bonds. The lowest BCUT2D eigenvalue weighted by Crippen LogP contribution is -2.21. The van der Waals surface area contributed by atoms with E-state index in [1.807, 2.05) is 40.9 Å². The number of fused-ring (bicyclic) bond motifs is 1. The minimum Gasteiger partial charge on any atom is -0.345 e. The van der Waals surface area contributed by atoms with Gasteiger partial charge in [0.05, 0.1) is 24.4 Å². The molecular weight excluding hydrogens is 362 g/mol. The molecule has 4 rings (SSSR count). The first-order valence-corrected chi connectivity index (χ1v) is 9.42. The number of para-hydroxylation sites is 1. The zero-order valence-electron chi connectivity index (χ0n) is 17.0. The lowest BCUT2D eigenvalue weighted by Gasteiger charge is -2.15. The first-order chi connectivity index (χ1) is 14.0. The second kappa shape index (κ2) is 7.39. The molecule has 0 aliphatic carbocycles. The molecule has 6 nitrogen and oxygen atoms in total. The van der Waals surface area contributed by atoms with Gasteiger partial charge in [-0.15, -0.1) is 0 Å². The fourth-order valence-corrected chi connectivity index (χ4v) is 3.40. The summed E-state index contributed by atoms with van der Waals surface area (Å²) in [6.07, 6.45) is 5.41. The van der Waals surface area contributed by atoms with Gasteiger partial charge in [-0.3, -0.25) is 9.20 Å². The number of rotatable bonds is 4. The number of hydrogen-bond acceptors (Lipinski definition) is 4. The van der Waals surface area contributed by atoms with Crippen molar-refractivity contribution in [3.63, 3.8) is 0 Å². The van der Waals surface area contributed by atoms with Crippen molar-refractivity contribution < 1.29 is 4.79 Å². The van der Waals surface area contributed by atoms with Gasteiger partial charge in [0.25, 0.3) is 5.91 Å². The Hall–Kier alpha value is -3.67. The number of benzene rings is 2. The van der Waals surface area contributed by atoms with Gasteiger partial charge in [-0.25, -0.2) is 9.97 Å². The largest absolute Gasteiger partial charge is 0.345 e.